The number of ether oxygens (including phenoxy) is 2. The van der Waals surface area contributed by atoms with Crippen molar-refractivity contribution in [2.24, 2.45) is 0 Å². The van der Waals surface area contributed by atoms with Crippen molar-refractivity contribution in [3.8, 4) is 11.5 Å². The molecule has 1 N–H and O–H groups in total. The van der Waals surface area contributed by atoms with Crippen molar-refractivity contribution in [3.63, 3.8) is 0 Å². The van der Waals surface area contributed by atoms with E-state index in [1.807, 2.05) is 37.3 Å². The fourth-order valence-electron chi connectivity index (χ4n) is 4.10. The van der Waals surface area contributed by atoms with Crippen LogP contribution in [0.4, 0.5) is 4.39 Å². The Hall–Kier alpha value is -3.80. The lowest BCUT2D eigenvalue weighted by Crippen LogP contribution is -2.30. The number of nitrogens with zero attached hydrogens (tertiary/aromatic N) is 1. The molecule has 0 saturated heterocycles. The molecule has 3 aromatic rings. The third kappa shape index (κ3) is 3.30. The lowest BCUT2D eigenvalue weighted by Gasteiger charge is -2.28. The third-order valence-electron chi connectivity index (χ3n) is 5.66. The van der Waals surface area contributed by atoms with Crippen molar-refractivity contribution in [2.45, 2.75) is 19.5 Å². The summed E-state index contributed by atoms with van der Waals surface area (Å²) in [6.45, 7) is 2.28. The SMILES string of the molecule is Cc1ccc(C2=C(O)C(=O)N(Cc3ccc4c(c3)OCO4)C2c2ccccc2F)cc1. The van der Waals surface area contributed by atoms with Crippen LogP contribution in [-0.2, 0) is 11.3 Å². The Labute approximate surface area is 179 Å². The van der Waals surface area contributed by atoms with Crippen LogP contribution in [-0.4, -0.2) is 22.7 Å². The predicted octanol–water partition coefficient (Wildman–Crippen LogP) is 4.92. The first-order chi connectivity index (χ1) is 15.0. The van der Waals surface area contributed by atoms with Crippen molar-refractivity contribution >= 4 is 11.5 Å². The van der Waals surface area contributed by atoms with Gasteiger partial charge in [0.05, 0.1) is 6.04 Å². The molecule has 0 fully saturated rings. The molecule has 0 radical (unpaired) electrons. The average Bonchev–Trinajstić information content (AvgIpc) is 3.33. The fraction of sp³-hybridized carbons (Fsp3) is 0.160. The summed E-state index contributed by atoms with van der Waals surface area (Å²) < 4.78 is 25.7. The van der Waals surface area contributed by atoms with Crippen LogP contribution in [0.3, 0.4) is 0 Å². The van der Waals surface area contributed by atoms with E-state index in [2.05, 4.69) is 0 Å². The minimum Gasteiger partial charge on any atom is -0.503 e. The summed E-state index contributed by atoms with van der Waals surface area (Å²) in [6, 6.07) is 18.5. The summed E-state index contributed by atoms with van der Waals surface area (Å²) in [7, 11) is 0. The molecule has 0 saturated carbocycles. The van der Waals surface area contributed by atoms with E-state index in [9.17, 15) is 14.3 Å². The molecule has 156 valence electrons. The van der Waals surface area contributed by atoms with E-state index in [0.29, 0.717) is 28.2 Å². The van der Waals surface area contributed by atoms with E-state index in [4.69, 9.17) is 9.47 Å². The van der Waals surface area contributed by atoms with Crippen molar-refractivity contribution in [1.29, 1.82) is 0 Å². The molecule has 2 heterocycles. The van der Waals surface area contributed by atoms with E-state index in [0.717, 1.165) is 11.1 Å². The number of hydrogen-bond acceptors (Lipinski definition) is 4. The maximum Gasteiger partial charge on any atom is 0.290 e. The topological polar surface area (TPSA) is 59.0 Å². The maximum absolute atomic E-state index is 14.9. The van der Waals surface area contributed by atoms with Crippen LogP contribution in [0.5, 0.6) is 11.5 Å². The van der Waals surface area contributed by atoms with Gasteiger partial charge in [0.2, 0.25) is 6.79 Å². The van der Waals surface area contributed by atoms with Gasteiger partial charge in [0, 0.05) is 17.7 Å². The maximum atomic E-state index is 14.9. The minimum atomic E-state index is -0.762. The van der Waals surface area contributed by atoms with Gasteiger partial charge in [-0.3, -0.25) is 4.79 Å². The van der Waals surface area contributed by atoms with Crippen molar-refractivity contribution in [2.75, 3.05) is 6.79 Å². The van der Waals surface area contributed by atoms with Crippen LogP contribution in [0.15, 0.2) is 72.5 Å². The molecule has 31 heavy (non-hydrogen) atoms. The molecule has 5 nitrogen and oxygen atoms in total. The Balaban J connectivity index is 1.59. The summed E-state index contributed by atoms with van der Waals surface area (Å²) in [5, 5.41) is 10.8. The number of halogens is 1. The molecule has 1 amide bonds. The van der Waals surface area contributed by atoms with Gasteiger partial charge in [-0.05, 0) is 36.2 Å². The van der Waals surface area contributed by atoms with Crippen molar-refractivity contribution < 1.29 is 23.8 Å². The molecule has 0 bridgehead atoms. The van der Waals surface area contributed by atoms with E-state index in [1.54, 1.807) is 30.3 Å². The van der Waals surface area contributed by atoms with Gasteiger partial charge in [-0.15, -0.1) is 0 Å². The second-order valence-electron chi connectivity index (χ2n) is 7.67. The first-order valence-corrected chi connectivity index (χ1v) is 9.97. The van der Waals surface area contributed by atoms with E-state index >= 15 is 0 Å². The van der Waals surface area contributed by atoms with Gasteiger partial charge in [0.25, 0.3) is 5.91 Å². The molecule has 1 atom stereocenters. The van der Waals surface area contributed by atoms with Crippen LogP contribution in [0, 0.1) is 12.7 Å². The highest BCUT2D eigenvalue weighted by Crippen LogP contribution is 2.45. The van der Waals surface area contributed by atoms with Gasteiger partial charge in [-0.2, -0.15) is 0 Å². The summed E-state index contributed by atoms with van der Waals surface area (Å²) in [5.41, 5.74) is 3.25. The van der Waals surface area contributed by atoms with Crippen LogP contribution >= 0.6 is 0 Å². The first kappa shape index (κ1) is 19.2. The highest BCUT2D eigenvalue weighted by atomic mass is 19.1. The number of carbonyl (C=O) groups is 1. The zero-order valence-electron chi connectivity index (χ0n) is 16.8. The minimum absolute atomic E-state index is 0.152. The predicted molar refractivity (Wildman–Crippen MR) is 113 cm³/mol. The lowest BCUT2D eigenvalue weighted by atomic mass is 9.92. The quantitative estimate of drug-likeness (QED) is 0.655. The highest BCUT2D eigenvalue weighted by molar-refractivity contribution is 6.05. The molecule has 3 aromatic carbocycles. The Morgan fingerprint density at radius 2 is 1.77 bits per heavy atom. The lowest BCUT2D eigenvalue weighted by molar-refractivity contribution is -0.130. The molecule has 0 aromatic heterocycles. The molecule has 5 rings (SSSR count). The normalized spacial score (nSPS) is 17.5. The number of aryl methyl sites for hydroxylation is 1. The zero-order chi connectivity index (χ0) is 21.5. The fourth-order valence-corrected chi connectivity index (χ4v) is 4.10. The molecular formula is C25H20FNO4. The number of fused-ring (bicyclic) bond motifs is 1. The number of carbonyl (C=O) groups excluding carboxylic acids is 1. The van der Waals surface area contributed by atoms with E-state index in [-0.39, 0.29) is 19.1 Å². The molecule has 2 aliphatic heterocycles. The average molecular weight is 417 g/mol. The van der Waals surface area contributed by atoms with Crippen LogP contribution in [0.2, 0.25) is 0 Å². The van der Waals surface area contributed by atoms with E-state index in [1.165, 1.54) is 11.0 Å². The van der Waals surface area contributed by atoms with Crippen molar-refractivity contribution in [1.82, 2.24) is 4.90 Å². The summed E-state index contributed by atoms with van der Waals surface area (Å²) in [4.78, 5) is 14.6. The Kier molecular flexibility index (Phi) is 4.62. The van der Waals surface area contributed by atoms with Gasteiger partial charge >= 0.3 is 0 Å². The molecule has 6 heteroatoms. The number of aliphatic hydroxyl groups is 1. The standard InChI is InChI=1S/C25H20FNO4/c1-15-6-9-17(10-7-15)22-23(18-4-2-3-5-19(18)26)27(25(29)24(22)28)13-16-8-11-20-21(12-16)31-14-30-20/h2-12,23,28H,13-14H2,1H3. The van der Waals surface area contributed by atoms with Crippen molar-refractivity contribution in [3.05, 3.63) is 101 Å². The van der Waals surface area contributed by atoms with Gasteiger partial charge in [-0.25, -0.2) is 4.39 Å². The smallest absolute Gasteiger partial charge is 0.290 e. The molecule has 1 unspecified atom stereocenters. The van der Waals surface area contributed by atoms with Crippen LogP contribution < -0.4 is 9.47 Å². The number of hydrogen-bond donors (Lipinski definition) is 1. The molecule has 0 spiro atoms. The summed E-state index contributed by atoms with van der Waals surface area (Å²) >= 11 is 0. The number of rotatable bonds is 4. The number of amides is 1. The Bertz CT molecular complexity index is 1200. The summed E-state index contributed by atoms with van der Waals surface area (Å²) in [6.07, 6.45) is 0. The van der Waals surface area contributed by atoms with Gasteiger partial charge in [0.1, 0.15) is 5.82 Å². The summed E-state index contributed by atoms with van der Waals surface area (Å²) in [5.74, 6) is -0.0966. The highest BCUT2D eigenvalue weighted by Gasteiger charge is 2.42. The molecule has 0 aliphatic carbocycles. The Morgan fingerprint density at radius 3 is 2.55 bits per heavy atom. The first-order valence-electron chi connectivity index (χ1n) is 9.97. The third-order valence-corrected chi connectivity index (χ3v) is 5.66. The van der Waals surface area contributed by atoms with Crippen LogP contribution in [0.25, 0.3) is 5.57 Å². The monoisotopic (exact) mass is 417 g/mol. The van der Waals surface area contributed by atoms with Gasteiger partial charge in [-0.1, -0.05) is 54.1 Å². The Morgan fingerprint density at radius 1 is 1.03 bits per heavy atom. The molecule has 2 aliphatic rings. The second kappa shape index (κ2) is 7.47. The second-order valence-corrected chi connectivity index (χ2v) is 7.67. The van der Waals surface area contributed by atoms with E-state index < -0.39 is 17.8 Å². The van der Waals surface area contributed by atoms with Gasteiger partial charge in [0.15, 0.2) is 17.3 Å². The zero-order valence-corrected chi connectivity index (χ0v) is 16.8. The number of aliphatic hydroxyl groups excluding tert-OH is 1. The molecular weight excluding hydrogens is 397 g/mol. The van der Waals surface area contributed by atoms with Crippen LogP contribution in [0.1, 0.15) is 28.3 Å². The van der Waals surface area contributed by atoms with Gasteiger partial charge < -0.3 is 19.5 Å². The number of benzene rings is 3. The largest absolute Gasteiger partial charge is 0.503 e.